The number of carbonyl (C=O) groups excluding carboxylic acids is 1. The number of aliphatic hydroxyl groups excluding tert-OH is 1. The van der Waals surface area contributed by atoms with E-state index in [2.05, 4.69) is 67.0 Å². The molecule has 1 rings (SSSR count). The second-order valence-electron chi connectivity index (χ2n) is 23.3. The van der Waals surface area contributed by atoms with E-state index in [9.17, 15) is 9.90 Å². The van der Waals surface area contributed by atoms with Crippen molar-refractivity contribution in [3.63, 3.8) is 0 Å². The third-order valence-corrected chi connectivity index (χ3v) is 15.7. The minimum absolute atomic E-state index is 0.156. The molecule has 1 N–H and O–H groups in total. The van der Waals surface area contributed by atoms with Gasteiger partial charge in [-0.2, -0.15) is 0 Å². The molecule has 1 fully saturated rings. The Kier molecular flexibility index (Phi) is 56.8. The van der Waals surface area contributed by atoms with E-state index in [1.807, 2.05) is 0 Å². The Hall–Kier alpha value is -1.55. The van der Waals surface area contributed by atoms with Crippen molar-refractivity contribution < 1.29 is 28.8 Å². The maximum atomic E-state index is 13.4. The minimum Gasteiger partial charge on any atom is -0.465 e. The number of hydrogen-bond donors (Lipinski definition) is 1. The van der Waals surface area contributed by atoms with Gasteiger partial charge in [0.2, 0.25) is 0 Å². The van der Waals surface area contributed by atoms with Crippen LogP contribution in [0.15, 0.2) is 36.5 Å². The quantitative estimate of drug-likeness (QED) is 0.0367. The molecule has 448 valence electrons. The van der Waals surface area contributed by atoms with Crippen LogP contribution >= 0.6 is 0 Å². The zero-order chi connectivity index (χ0) is 54.6. The molecule has 0 aromatic carbocycles. The number of aliphatic hydroxyl groups is 1. The van der Waals surface area contributed by atoms with Crippen LogP contribution in [-0.2, 0) is 23.7 Å². The van der Waals surface area contributed by atoms with Gasteiger partial charge in [-0.25, -0.2) is 0 Å². The standard InChI is InChI=1S/C68H130N2O6/c1-4-7-10-13-16-19-22-25-28-31-34-37-40-43-46-49-60-73-63-68(66-76-67(72)52-53-69-54-56-70(57-55-69)58-59-71,64-74-61-50-47-44-41-38-35-32-29-26-23-20-17-14-11-8-5-2)65-75-62-51-48-45-42-39-36-33-30-27-24-21-18-15-12-9-6-3/h25-30,71H,4-24,31-66H2,1-3H3/b28-25-,29-26-,30-27-. The van der Waals surface area contributed by atoms with Gasteiger partial charge in [-0.3, -0.25) is 9.69 Å². The average Bonchev–Trinajstić information content (AvgIpc) is 3.43. The van der Waals surface area contributed by atoms with Crippen molar-refractivity contribution in [1.29, 1.82) is 0 Å². The van der Waals surface area contributed by atoms with Crippen molar-refractivity contribution in [3.05, 3.63) is 36.5 Å². The van der Waals surface area contributed by atoms with E-state index in [0.717, 1.165) is 52.0 Å². The van der Waals surface area contributed by atoms with E-state index in [1.54, 1.807) is 0 Å². The Morgan fingerprint density at radius 3 is 0.921 bits per heavy atom. The molecule has 8 nitrogen and oxygen atoms in total. The molecule has 0 radical (unpaired) electrons. The van der Waals surface area contributed by atoms with Crippen LogP contribution in [0.3, 0.4) is 0 Å². The molecule has 0 bridgehead atoms. The van der Waals surface area contributed by atoms with Gasteiger partial charge in [-0.05, 0) is 96.3 Å². The molecule has 1 heterocycles. The number of carbonyl (C=O) groups is 1. The second-order valence-corrected chi connectivity index (χ2v) is 23.3. The summed E-state index contributed by atoms with van der Waals surface area (Å²) in [6.07, 6.45) is 69.1. The van der Waals surface area contributed by atoms with Gasteiger partial charge in [0.1, 0.15) is 6.61 Å². The van der Waals surface area contributed by atoms with Crippen LogP contribution in [0.4, 0.5) is 0 Å². The maximum absolute atomic E-state index is 13.4. The molecule has 76 heavy (non-hydrogen) atoms. The summed E-state index contributed by atoms with van der Waals surface area (Å²) >= 11 is 0. The number of unbranched alkanes of at least 4 members (excludes halogenated alkanes) is 36. The molecule has 1 saturated heterocycles. The fraction of sp³-hybridized carbons (Fsp3) is 0.897. The first-order chi connectivity index (χ1) is 37.6. The van der Waals surface area contributed by atoms with Crippen LogP contribution in [0.2, 0.25) is 0 Å². The van der Waals surface area contributed by atoms with Gasteiger partial charge in [0.25, 0.3) is 0 Å². The van der Waals surface area contributed by atoms with E-state index in [1.165, 1.54) is 250 Å². The molecule has 0 saturated carbocycles. The average molecular weight is 1070 g/mol. The summed E-state index contributed by atoms with van der Waals surface area (Å²) in [6.45, 7) is 16.0. The lowest BCUT2D eigenvalue weighted by Crippen LogP contribution is -2.47. The summed E-state index contributed by atoms with van der Waals surface area (Å²) in [5, 5.41) is 9.37. The first kappa shape index (κ1) is 72.5. The zero-order valence-corrected chi connectivity index (χ0v) is 51.2. The monoisotopic (exact) mass is 1070 g/mol. The lowest BCUT2D eigenvalue weighted by atomic mass is 9.92. The van der Waals surface area contributed by atoms with Gasteiger partial charge in [-0.1, -0.05) is 231 Å². The molecule has 0 atom stereocenters. The molecule has 1 aliphatic heterocycles. The molecule has 0 spiro atoms. The minimum atomic E-state index is -0.542. The van der Waals surface area contributed by atoms with Crippen LogP contribution in [0.1, 0.15) is 297 Å². The van der Waals surface area contributed by atoms with E-state index >= 15 is 0 Å². The summed E-state index contributed by atoms with van der Waals surface area (Å²) in [5.41, 5.74) is -0.542. The number of β-amino-alcohol motifs (C(OH)–C–C–N with tert-alkyl or cyclic N) is 1. The number of rotatable bonds is 61. The molecule has 8 heteroatoms. The van der Waals surface area contributed by atoms with Gasteiger partial charge >= 0.3 is 5.97 Å². The molecule has 0 aliphatic carbocycles. The van der Waals surface area contributed by atoms with Gasteiger partial charge in [-0.15, -0.1) is 0 Å². The van der Waals surface area contributed by atoms with Crippen LogP contribution in [0.5, 0.6) is 0 Å². The molecule has 0 aromatic rings. The lowest BCUT2D eigenvalue weighted by molar-refractivity contribution is -0.156. The van der Waals surface area contributed by atoms with Gasteiger partial charge in [0, 0.05) is 59.1 Å². The summed E-state index contributed by atoms with van der Waals surface area (Å²) in [6, 6.07) is 0. The second kappa shape index (κ2) is 59.6. The Morgan fingerprint density at radius 1 is 0.368 bits per heavy atom. The molecular weight excluding hydrogens is 941 g/mol. The van der Waals surface area contributed by atoms with E-state index in [4.69, 9.17) is 18.9 Å². The lowest BCUT2D eigenvalue weighted by Gasteiger charge is -2.34. The van der Waals surface area contributed by atoms with E-state index in [0.29, 0.717) is 52.6 Å². The number of ether oxygens (including phenoxy) is 4. The van der Waals surface area contributed by atoms with Crippen LogP contribution < -0.4 is 0 Å². The van der Waals surface area contributed by atoms with Crippen molar-refractivity contribution in [2.75, 3.05) is 92.1 Å². The highest BCUT2D eigenvalue weighted by molar-refractivity contribution is 5.69. The Balaban J connectivity index is 2.66. The van der Waals surface area contributed by atoms with E-state index in [-0.39, 0.29) is 19.2 Å². The van der Waals surface area contributed by atoms with Crippen molar-refractivity contribution in [3.8, 4) is 0 Å². The Morgan fingerprint density at radius 2 is 0.632 bits per heavy atom. The van der Waals surface area contributed by atoms with Gasteiger partial charge in [0.15, 0.2) is 0 Å². The van der Waals surface area contributed by atoms with Gasteiger partial charge < -0.3 is 29.0 Å². The molecular formula is C68H130N2O6. The topological polar surface area (TPSA) is 80.7 Å². The zero-order valence-electron chi connectivity index (χ0n) is 51.2. The number of piperazine rings is 1. The normalized spacial score (nSPS) is 13.9. The van der Waals surface area contributed by atoms with Crippen LogP contribution in [0, 0.1) is 5.41 Å². The number of nitrogens with zero attached hydrogens (tertiary/aromatic N) is 2. The highest BCUT2D eigenvalue weighted by Crippen LogP contribution is 2.23. The van der Waals surface area contributed by atoms with Crippen molar-refractivity contribution in [1.82, 2.24) is 9.80 Å². The summed E-state index contributed by atoms with van der Waals surface area (Å²) in [4.78, 5) is 18.0. The molecule has 0 amide bonds. The first-order valence-electron chi connectivity index (χ1n) is 33.5. The predicted octanol–water partition coefficient (Wildman–Crippen LogP) is 18.7. The highest BCUT2D eigenvalue weighted by Gasteiger charge is 2.34. The smallest absolute Gasteiger partial charge is 0.307 e. The molecule has 0 unspecified atom stereocenters. The third kappa shape index (κ3) is 50.7. The number of esters is 1. The SMILES string of the molecule is CCCCCCCC/C=C\CCCCCCCCOCC(COCCCCCCCC/C=C\CCCCCCCC)(COCCCCCCCC/C=C\CCCCCCCC)COC(=O)CCN1CCN(CCO)CC1. The third-order valence-electron chi connectivity index (χ3n) is 15.7. The molecule has 1 aliphatic rings. The Labute approximate surface area is 473 Å². The fourth-order valence-corrected chi connectivity index (χ4v) is 10.4. The van der Waals surface area contributed by atoms with Gasteiger partial charge in [0.05, 0.1) is 38.3 Å². The maximum Gasteiger partial charge on any atom is 0.307 e. The van der Waals surface area contributed by atoms with Crippen LogP contribution in [0.25, 0.3) is 0 Å². The largest absolute Gasteiger partial charge is 0.465 e. The summed E-state index contributed by atoms with van der Waals surface area (Å²) in [5.74, 6) is -0.156. The van der Waals surface area contributed by atoms with Crippen molar-refractivity contribution in [2.45, 2.75) is 297 Å². The summed E-state index contributed by atoms with van der Waals surface area (Å²) < 4.78 is 25.7. The van der Waals surface area contributed by atoms with Crippen LogP contribution in [-0.4, -0.2) is 113 Å². The highest BCUT2D eigenvalue weighted by atomic mass is 16.5. The molecule has 0 aromatic heterocycles. The first-order valence-corrected chi connectivity index (χ1v) is 33.5. The predicted molar refractivity (Wildman–Crippen MR) is 329 cm³/mol. The number of hydrogen-bond acceptors (Lipinski definition) is 8. The van der Waals surface area contributed by atoms with E-state index < -0.39 is 5.41 Å². The fourth-order valence-electron chi connectivity index (χ4n) is 10.4. The van der Waals surface area contributed by atoms with Crippen molar-refractivity contribution in [2.24, 2.45) is 5.41 Å². The van der Waals surface area contributed by atoms with Crippen molar-refractivity contribution >= 4 is 5.97 Å². The number of allylic oxidation sites excluding steroid dienone is 6. The summed E-state index contributed by atoms with van der Waals surface area (Å²) in [7, 11) is 0. The Bertz CT molecular complexity index is 1140.